The Morgan fingerprint density at radius 2 is 2.05 bits per heavy atom. The Morgan fingerprint density at radius 3 is 2.84 bits per heavy atom. The molecule has 3 rings (SSSR count). The third-order valence-corrected chi connectivity index (χ3v) is 3.80. The highest BCUT2D eigenvalue weighted by Gasteiger charge is 2.17. The Morgan fingerprint density at radius 1 is 1.21 bits per heavy atom. The molecule has 1 aliphatic carbocycles. The fourth-order valence-electron chi connectivity index (χ4n) is 2.77. The van der Waals surface area contributed by atoms with Gasteiger partial charge in [-0.05, 0) is 30.9 Å². The topological polar surface area (TPSA) is 64.9 Å². The highest BCUT2D eigenvalue weighted by molar-refractivity contribution is 5.60. The second kappa shape index (κ2) is 5.43. The van der Waals surface area contributed by atoms with Crippen LogP contribution >= 0.6 is 0 Å². The molecule has 1 aromatic carbocycles. The summed E-state index contributed by atoms with van der Waals surface area (Å²) in [5.74, 6) is 2.10. The van der Waals surface area contributed by atoms with Gasteiger partial charge in [0.05, 0.1) is 0 Å². The molecule has 1 saturated carbocycles. The molecule has 0 aliphatic heterocycles. The van der Waals surface area contributed by atoms with E-state index < -0.39 is 0 Å². The van der Waals surface area contributed by atoms with Gasteiger partial charge in [-0.25, -0.2) is 0 Å². The van der Waals surface area contributed by atoms with Crippen molar-refractivity contribution in [2.45, 2.75) is 38.5 Å². The van der Waals surface area contributed by atoms with E-state index in [2.05, 4.69) is 10.1 Å². The van der Waals surface area contributed by atoms with Crippen LogP contribution in [0.5, 0.6) is 0 Å². The van der Waals surface area contributed by atoms with Crippen molar-refractivity contribution in [3.8, 4) is 11.4 Å². The first-order valence-corrected chi connectivity index (χ1v) is 7.00. The lowest BCUT2D eigenvalue weighted by Crippen LogP contribution is -2.09. The van der Waals surface area contributed by atoms with Crippen molar-refractivity contribution < 1.29 is 4.52 Å². The van der Waals surface area contributed by atoms with Crippen LogP contribution in [-0.4, -0.2) is 10.1 Å². The molecule has 1 heterocycles. The summed E-state index contributed by atoms with van der Waals surface area (Å²) in [6.07, 6.45) is 7.53. The van der Waals surface area contributed by atoms with E-state index in [1.54, 1.807) is 0 Å². The maximum absolute atomic E-state index is 5.77. The van der Waals surface area contributed by atoms with Crippen molar-refractivity contribution in [3.63, 3.8) is 0 Å². The summed E-state index contributed by atoms with van der Waals surface area (Å²) in [4.78, 5) is 4.48. The summed E-state index contributed by atoms with van der Waals surface area (Å²) in [6.45, 7) is 0. The van der Waals surface area contributed by atoms with E-state index in [9.17, 15) is 0 Å². The second-order valence-electron chi connectivity index (χ2n) is 5.35. The number of rotatable bonds is 3. The van der Waals surface area contributed by atoms with Gasteiger partial charge in [0.1, 0.15) is 0 Å². The highest BCUT2D eigenvalue weighted by atomic mass is 16.5. The Balaban J connectivity index is 1.72. The van der Waals surface area contributed by atoms with Crippen molar-refractivity contribution in [2.24, 2.45) is 5.92 Å². The zero-order valence-electron chi connectivity index (χ0n) is 11.0. The van der Waals surface area contributed by atoms with Crippen LogP contribution < -0.4 is 5.73 Å². The molecule has 0 spiro atoms. The van der Waals surface area contributed by atoms with Crippen LogP contribution in [-0.2, 0) is 6.42 Å². The minimum atomic E-state index is 0.637. The van der Waals surface area contributed by atoms with E-state index in [-0.39, 0.29) is 0 Å². The molecule has 0 atom stereocenters. The van der Waals surface area contributed by atoms with Gasteiger partial charge in [0, 0.05) is 17.7 Å². The predicted molar refractivity (Wildman–Crippen MR) is 74.4 cm³/mol. The standard InChI is InChI=1S/C15H19N3O/c16-13-8-4-7-12(10-13)15-17-14(19-18-15)9-11-5-2-1-3-6-11/h4,7-8,10-11H,1-3,5-6,9,16H2. The van der Waals surface area contributed by atoms with Crippen molar-refractivity contribution in [1.29, 1.82) is 0 Å². The minimum absolute atomic E-state index is 0.637. The van der Waals surface area contributed by atoms with Gasteiger partial charge in [-0.1, -0.05) is 36.6 Å². The predicted octanol–water partition coefficient (Wildman–Crippen LogP) is 3.44. The van der Waals surface area contributed by atoms with Gasteiger partial charge in [-0.15, -0.1) is 0 Å². The molecule has 0 unspecified atom stereocenters. The summed E-state index contributed by atoms with van der Waals surface area (Å²) >= 11 is 0. The summed E-state index contributed by atoms with van der Waals surface area (Å²) in [7, 11) is 0. The van der Waals surface area contributed by atoms with Crippen molar-refractivity contribution in [2.75, 3.05) is 5.73 Å². The van der Waals surface area contributed by atoms with Crippen molar-refractivity contribution >= 4 is 5.69 Å². The monoisotopic (exact) mass is 257 g/mol. The SMILES string of the molecule is Nc1cccc(-c2noc(CC3CCCCC3)n2)c1. The molecular formula is C15H19N3O. The summed E-state index contributed by atoms with van der Waals surface area (Å²) < 4.78 is 5.36. The van der Waals surface area contributed by atoms with Crippen LogP contribution in [0.15, 0.2) is 28.8 Å². The number of hydrogen-bond donors (Lipinski definition) is 1. The quantitative estimate of drug-likeness (QED) is 0.855. The molecule has 2 N–H and O–H groups in total. The largest absolute Gasteiger partial charge is 0.399 e. The Labute approximate surface area is 113 Å². The molecule has 19 heavy (non-hydrogen) atoms. The lowest BCUT2D eigenvalue weighted by molar-refractivity contribution is 0.305. The summed E-state index contributed by atoms with van der Waals surface area (Å²) in [5.41, 5.74) is 7.40. The summed E-state index contributed by atoms with van der Waals surface area (Å²) in [6, 6.07) is 7.58. The molecule has 1 fully saturated rings. The lowest BCUT2D eigenvalue weighted by Gasteiger charge is -2.19. The van der Waals surface area contributed by atoms with Gasteiger partial charge in [0.25, 0.3) is 0 Å². The Kier molecular flexibility index (Phi) is 3.49. The molecule has 0 saturated heterocycles. The smallest absolute Gasteiger partial charge is 0.227 e. The van der Waals surface area contributed by atoms with Crippen LogP contribution in [0, 0.1) is 5.92 Å². The average molecular weight is 257 g/mol. The molecule has 1 aromatic heterocycles. The molecule has 0 radical (unpaired) electrons. The molecule has 100 valence electrons. The van der Waals surface area contributed by atoms with Crippen LogP contribution in [0.1, 0.15) is 38.0 Å². The zero-order valence-corrected chi connectivity index (χ0v) is 11.0. The van der Waals surface area contributed by atoms with E-state index in [4.69, 9.17) is 10.3 Å². The first-order chi connectivity index (χ1) is 9.31. The first kappa shape index (κ1) is 12.2. The summed E-state index contributed by atoms with van der Waals surface area (Å²) in [5, 5.41) is 4.05. The van der Waals surface area contributed by atoms with Gasteiger partial charge in [0.15, 0.2) is 0 Å². The molecule has 4 heteroatoms. The second-order valence-corrected chi connectivity index (χ2v) is 5.35. The maximum atomic E-state index is 5.77. The number of anilines is 1. The van der Waals surface area contributed by atoms with Gasteiger partial charge < -0.3 is 10.3 Å². The van der Waals surface area contributed by atoms with E-state index >= 15 is 0 Å². The molecule has 4 nitrogen and oxygen atoms in total. The zero-order chi connectivity index (χ0) is 13.1. The fraction of sp³-hybridized carbons (Fsp3) is 0.467. The number of benzene rings is 1. The lowest BCUT2D eigenvalue weighted by atomic mass is 9.87. The number of nitrogen functional groups attached to an aromatic ring is 1. The number of nitrogens with two attached hydrogens (primary N) is 1. The first-order valence-electron chi connectivity index (χ1n) is 7.00. The number of aromatic nitrogens is 2. The van der Waals surface area contributed by atoms with Crippen LogP contribution in [0.2, 0.25) is 0 Å². The number of hydrogen-bond acceptors (Lipinski definition) is 4. The van der Waals surface area contributed by atoms with Crippen LogP contribution in [0.4, 0.5) is 5.69 Å². The third kappa shape index (κ3) is 2.95. The average Bonchev–Trinajstić information content (AvgIpc) is 2.88. The van der Waals surface area contributed by atoms with E-state index in [0.717, 1.165) is 23.6 Å². The van der Waals surface area contributed by atoms with Crippen molar-refractivity contribution in [1.82, 2.24) is 10.1 Å². The molecule has 0 bridgehead atoms. The van der Waals surface area contributed by atoms with Gasteiger partial charge >= 0.3 is 0 Å². The molecule has 2 aromatic rings. The van der Waals surface area contributed by atoms with Gasteiger partial charge in [-0.2, -0.15) is 4.98 Å². The Hall–Kier alpha value is -1.84. The van der Waals surface area contributed by atoms with Crippen LogP contribution in [0.3, 0.4) is 0 Å². The highest BCUT2D eigenvalue weighted by Crippen LogP contribution is 2.27. The maximum Gasteiger partial charge on any atom is 0.227 e. The van der Waals surface area contributed by atoms with Crippen molar-refractivity contribution in [3.05, 3.63) is 30.2 Å². The normalized spacial score (nSPS) is 16.6. The van der Waals surface area contributed by atoms with E-state index in [1.165, 1.54) is 32.1 Å². The van der Waals surface area contributed by atoms with Crippen LogP contribution in [0.25, 0.3) is 11.4 Å². The molecule has 1 aliphatic rings. The van der Waals surface area contributed by atoms with E-state index in [0.29, 0.717) is 11.7 Å². The Bertz CT molecular complexity index is 544. The number of nitrogens with zero attached hydrogens (tertiary/aromatic N) is 2. The molecular weight excluding hydrogens is 238 g/mol. The fourth-order valence-corrected chi connectivity index (χ4v) is 2.77. The minimum Gasteiger partial charge on any atom is -0.399 e. The molecule has 0 amide bonds. The van der Waals surface area contributed by atoms with E-state index in [1.807, 2.05) is 24.3 Å². The van der Waals surface area contributed by atoms with Gasteiger partial charge in [-0.3, -0.25) is 0 Å². The third-order valence-electron chi connectivity index (χ3n) is 3.80. The van der Waals surface area contributed by atoms with Gasteiger partial charge in [0.2, 0.25) is 11.7 Å².